The van der Waals surface area contributed by atoms with Gasteiger partial charge in [-0.2, -0.15) is 0 Å². The van der Waals surface area contributed by atoms with E-state index in [-0.39, 0.29) is 0 Å². The van der Waals surface area contributed by atoms with Gasteiger partial charge in [0.1, 0.15) is 0 Å². The molecule has 12 N–H and O–H groups in total. The largest absolute Gasteiger partial charge is 0.289 e. The monoisotopic (exact) mass is 312 g/mol. The highest BCUT2D eigenvalue weighted by Crippen LogP contribution is 2.10. The van der Waals surface area contributed by atoms with Gasteiger partial charge in [-0.15, -0.1) is 0 Å². The molecule has 0 atom stereocenters. The Morgan fingerprint density at radius 2 is 0.727 bits per heavy atom. The maximum atomic E-state index is 11.6. The first-order valence-corrected chi connectivity index (χ1v) is 5.37. The summed E-state index contributed by atoms with van der Waals surface area (Å²) < 4.78 is 0. The fourth-order valence-electron chi connectivity index (χ4n) is 1.34. The van der Waals surface area contributed by atoms with Crippen LogP contribution in [0.15, 0.2) is 0 Å². The minimum atomic E-state index is -1.06. The highest BCUT2D eigenvalue weighted by Gasteiger charge is 2.28. The van der Waals surface area contributed by atoms with E-state index in [2.05, 4.69) is 9.97 Å². The van der Waals surface area contributed by atoms with Crippen LogP contribution in [-0.4, -0.2) is 33.6 Å². The number of carbonyl (C=O) groups excluding carboxylic acids is 4. The Labute approximate surface area is 121 Å². The van der Waals surface area contributed by atoms with Crippen molar-refractivity contribution in [3.8, 4) is 0 Å². The molecule has 0 saturated carbocycles. The van der Waals surface area contributed by atoms with Crippen LogP contribution in [0.1, 0.15) is 42.0 Å². The molecule has 1 aromatic rings. The molecule has 22 heavy (non-hydrogen) atoms. The lowest BCUT2D eigenvalue weighted by molar-refractivity contribution is 0.0892. The van der Waals surface area contributed by atoms with Crippen LogP contribution >= 0.6 is 0 Å². The quantitative estimate of drug-likeness (QED) is 0.149. The molecule has 0 aliphatic rings. The molecular formula is C8H12N10O4. The zero-order valence-electron chi connectivity index (χ0n) is 10.8. The standard InChI is InChI=1S/C8H12N10O4/c9-15-5(19)1-2(6(20)16-10)14-4(8(22)18-12)3(13-1)7(21)17-11/h9-12H2,(H,15,19)(H,16,20)(H,17,21)(H,18,22). The molecule has 4 amide bonds. The molecule has 14 heteroatoms. The minimum Gasteiger partial charge on any atom is -0.289 e. The number of nitrogens with one attached hydrogen (secondary N) is 4. The molecular weight excluding hydrogens is 300 g/mol. The summed E-state index contributed by atoms with van der Waals surface area (Å²) in [7, 11) is 0. The molecule has 1 heterocycles. The average Bonchev–Trinajstić information content (AvgIpc) is 2.57. The van der Waals surface area contributed by atoms with E-state index in [4.69, 9.17) is 23.4 Å². The van der Waals surface area contributed by atoms with Crippen molar-refractivity contribution in [1.29, 1.82) is 0 Å². The van der Waals surface area contributed by atoms with Gasteiger partial charge in [-0.3, -0.25) is 40.9 Å². The van der Waals surface area contributed by atoms with Gasteiger partial charge in [0, 0.05) is 0 Å². The normalized spacial score (nSPS) is 9.64. The highest BCUT2D eigenvalue weighted by atomic mass is 16.2. The fraction of sp³-hybridized carbons (Fsp3) is 0. The number of hydrogen-bond acceptors (Lipinski definition) is 10. The summed E-state index contributed by atoms with van der Waals surface area (Å²) in [5.41, 5.74) is 4.17. The average molecular weight is 312 g/mol. The van der Waals surface area contributed by atoms with Gasteiger partial charge < -0.3 is 0 Å². The van der Waals surface area contributed by atoms with Crippen molar-refractivity contribution in [2.45, 2.75) is 0 Å². The number of hydrazine groups is 4. The number of amides is 4. The van der Waals surface area contributed by atoms with E-state index in [9.17, 15) is 19.2 Å². The van der Waals surface area contributed by atoms with Crippen LogP contribution < -0.4 is 45.1 Å². The van der Waals surface area contributed by atoms with E-state index in [1.54, 1.807) is 21.7 Å². The fourth-order valence-corrected chi connectivity index (χ4v) is 1.34. The van der Waals surface area contributed by atoms with Crippen molar-refractivity contribution in [2.24, 2.45) is 23.4 Å². The van der Waals surface area contributed by atoms with Crippen molar-refractivity contribution in [3.05, 3.63) is 22.8 Å². The zero-order chi connectivity index (χ0) is 16.9. The summed E-state index contributed by atoms with van der Waals surface area (Å²) >= 11 is 0. The van der Waals surface area contributed by atoms with Crippen LogP contribution in [0, 0.1) is 0 Å². The first-order chi connectivity index (χ1) is 10.4. The molecule has 0 aliphatic heterocycles. The second kappa shape index (κ2) is 6.99. The molecule has 1 rings (SSSR count). The third-order valence-electron chi connectivity index (χ3n) is 2.28. The Morgan fingerprint density at radius 3 is 0.864 bits per heavy atom. The summed E-state index contributed by atoms with van der Waals surface area (Å²) in [6.07, 6.45) is 0. The second-order valence-electron chi connectivity index (χ2n) is 3.51. The van der Waals surface area contributed by atoms with Gasteiger partial charge >= 0.3 is 0 Å². The Hall–Kier alpha value is -3.20. The van der Waals surface area contributed by atoms with Gasteiger partial charge in [0.15, 0.2) is 22.8 Å². The molecule has 0 spiro atoms. The Balaban J connectivity index is 3.70. The molecule has 0 saturated heterocycles. The van der Waals surface area contributed by atoms with Crippen LogP contribution in [-0.2, 0) is 0 Å². The molecule has 0 aliphatic carbocycles. The molecule has 0 bridgehead atoms. The van der Waals surface area contributed by atoms with E-state index in [1.165, 1.54) is 0 Å². The van der Waals surface area contributed by atoms with E-state index in [0.29, 0.717) is 0 Å². The number of carbonyl (C=O) groups is 4. The third kappa shape index (κ3) is 3.10. The molecule has 0 radical (unpaired) electrons. The smallest absolute Gasteiger partial charge is 0.286 e. The van der Waals surface area contributed by atoms with Gasteiger partial charge in [-0.25, -0.2) is 33.3 Å². The van der Waals surface area contributed by atoms with Gasteiger partial charge in [0.25, 0.3) is 23.6 Å². The molecule has 14 nitrogen and oxygen atoms in total. The van der Waals surface area contributed by atoms with E-state index in [1.807, 2.05) is 0 Å². The minimum absolute atomic E-state index is 0.655. The van der Waals surface area contributed by atoms with Gasteiger partial charge in [0.2, 0.25) is 0 Å². The van der Waals surface area contributed by atoms with Crippen molar-refractivity contribution < 1.29 is 19.2 Å². The van der Waals surface area contributed by atoms with Crippen LogP contribution in [0.25, 0.3) is 0 Å². The van der Waals surface area contributed by atoms with Crippen molar-refractivity contribution in [3.63, 3.8) is 0 Å². The first kappa shape index (κ1) is 16.9. The maximum Gasteiger partial charge on any atom is 0.286 e. The first-order valence-electron chi connectivity index (χ1n) is 5.37. The number of hydrogen-bond donors (Lipinski definition) is 8. The van der Waals surface area contributed by atoms with Crippen LogP contribution in [0.2, 0.25) is 0 Å². The lowest BCUT2D eigenvalue weighted by atomic mass is 10.2. The Kier molecular flexibility index (Phi) is 5.36. The Bertz CT molecular complexity index is 538. The highest BCUT2D eigenvalue weighted by molar-refractivity contribution is 6.09. The molecule has 0 fully saturated rings. The van der Waals surface area contributed by atoms with Crippen molar-refractivity contribution in [1.82, 2.24) is 31.7 Å². The van der Waals surface area contributed by atoms with Crippen molar-refractivity contribution in [2.75, 3.05) is 0 Å². The molecule has 118 valence electrons. The molecule has 0 unspecified atom stereocenters. The predicted octanol–water partition coefficient (Wildman–Crippen LogP) is -5.11. The number of nitrogens with zero attached hydrogens (tertiary/aromatic N) is 2. The number of nitrogens with two attached hydrogens (primary N) is 4. The summed E-state index contributed by atoms with van der Waals surface area (Å²) in [4.78, 5) is 53.6. The van der Waals surface area contributed by atoms with Gasteiger partial charge in [-0.05, 0) is 0 Å². The molecule has 0 aromatic carbocycles. The summed E-state index contributed by atoms with van der Waals surface area (Å²) in [5, 5.41) is 0. The number of aromatic nitrogens is 2. The zero-order valence-corrected chi connectivity index (χ0v) is 10.8. The third-order valence-corrected chi connectivity index (χ3v) is 2.28. The van der Waals surface area contributed by atoms with Crippen LogP contribution in [0.4, 0.5) is 0 Å². The van der Waals surface area contributed by atoms with E-state index >= 15 is 0 Å². The topological polar surface area (TPSA) is 246 Å². The molecule has 1 aromatic heterocycles. The Morgan fingerprint density at radius 1 is 0.545 bits per heavy atom. The van der Waals surface area contributed by atoms with Crippen LogP contribution in [0.3, 0.4) is 0 Å². The van der Waals surface area contributed by atoms with E-state index in [0.717, 1.165) is 0 Å². The summed E-state index contributed by atoms with van der Waals surface area (Å²) in [6, 6.07) is 0. The van der Waals surface area contributed by atoms with Crippen molar-refractivity contribution >= 4 is 23.6 Å². The summed E-state index contributed by atoms with van der Waals surface area (Å²) in [6.45, 7) is 0. The predicted molar refractivity (Wildman–Crippen MR) is 68.6 cm³/mol. The SMILES string of the molecule is NNC(=O)c1nc(C(=O)NN)c(C(=O)NN)nc1C(=O)NN. The van der Waals surface area contributed by atoms with Gasteiger partial charge in [-0.1, -0.05) is 0 Å². The van der Waals surface area contributed by atoms with Gasteiger partial charge in [0.05, 0.1) is 0 Å². The summed E-state index contributed by atoms with van der Waals surface area (Å²) in [5.74, 6) is 15.5. The second-order valence-corrected chi connectivity index (χ2v) is 3.51. The number of nitrogen functional groups attached to an aromatic ring is 4. The maximum absolute atomic E-state index is 11.6. The van der Waals surface area contributed by atoms with Crippen LogP contribution in [0.5, 0.6) is 0 Å². The van der Waals surface area contributed by atoms with E-state index < -0.39 is 46.4 Å². The lowest BCUT2D eigenvalue weighted by Gasteiger charge is -2.11. The number of rotatable bonds is 4. The lowest BCUT2D eigenvalue weighted by Crippen LogP contribution is -2.41.